The molecule has 0 atom stereocenters. The van der Waals surface area contributed by atoms with Crippen LogP contribution in [0.2, 0.25) is 5.02 Å². The predicted octanol–water partition coefficient (Wildman–Crippen LogP) is 4.29. The van der Waals surface area contributed by atoms with Gasteiger partial charge in [-0.1, -0.05) is 31.5 Å². The fourth-order valence-electron chi connectivity index (χ4n) is 2.02. The summed E-state index contributed by atoms with van der Waals surface area (Å²) in [4.78, 5) is 23.6. The van der Waals surface area contributed by atoms with Gasteiger partial charge in [-0.05, 0) is 48.9 Å². The normalized spacial score (nSPS) is 10.4. The first kappa shape index (κ1) is 18.8. The highest BCUT2D eigenvalue weighted by Crippen LogP contribution is 2.20. The third-order valence-corrected chi connectivity index (χ3v) is 3.99. The van der Waals surface area contributed by atoms with Crippen molar-refractivity contribution in [1.82, 2.24) is 0 Å². The van der Waals surface area contributed by atoms with Gasteiger partial charge in [0, 0.05) is 28.0 Å². The van der Waals surface area contributed by atoms with Gasteiger partial charge in [-0.25, -0.2) is 0 Å². The molecule has 0 aliphatic rings. The van der Waals surface area contributed by atoms with Crippen molar-refractivity contribution in [2.45, 2.75) is 20.8 Å². The third kappa shape index (κ3) is 5.80. The lowest BCUT2D eigenvalue weighted by molar-refractivity contribution is -0.119. The number of carbonyl (C=O) groups is 2. The Balaban J connectivity index is 1.85. The first-order chi connectivity index (χ1) is 11.8. The highest BCUT2D eigenvalue weighted by molar-refractivity contribution is 6.31. The Morgan fingerprint density at radius 2 is 1.56 bits per heavy atom. The molecule has 0 heterocycles. The van der Waals surface area contributed by atoms with E-state index in [1.54, 1.807) is 18.2 Å². The average molecular weight is 360 g/mol. The van der Waals surface area contributed by atoms with Gasteiger partial charge >= 0.3 is 0 Å². The van der Waals surface area contributed by atoms with Crippen LogP contribution in [0.4, 0.5) is 17.1 Å². The number of aryl methyl sites for hydroxylation is 1. The molecule has 0 saturated heterocycles. The summed E-state index contributed by atoms with van der Waals surface area (Å²) in [6, 6.07) is 12.6. The summed E-state index contributed by atoms with van der Waals surface area (Å²) in [5.41, 5.74) is 3.14. The number of hydrogen-bond donors (Lipinski definition) is 3. The molecule has 6 heteroatoms. The predicted molar refractivity (Wildman–Crippen MR) is 103 cm³/mol. The lowest BCUT2D eigenvalue weighted by Crippen LogP contribution is -2.21. The molecule has 0 radical (unpaired) electrons. The number of anilines is 3. The van der Waals surface area contributed by atoms with Crippen molar-refractivity contribution < 1.29 is 9.59 Å². The van der Waals surface area contributed by atoms with Crippen LogP contribution >= 0.6 is 11.6 Å². The molecule has 2 amide bonds. The van der Waals surface area contributed by atoms with E-state index in [0.717, 1.165) is 16.9 Å². The topological polar surface area (TPSA) is 70.2 Å². The number of benzene rings is 2. The van der Waals surface area contributed by atoms with Crippen molar-refractivity contribution in [3.63, 3.8) is 0 Å². The van der Waals surface area contributed by atoms with Crippen LogP contribution in [0.15, 0.2) is 42.5 Å². The summed E-state index contributed by atoms with van der Waals surface area (Å²) in [7, 11) is 0. The maximum Gasteiger partial charge on any atom is 0.243 e. The van der Waals surface area contributed by atoms with Crippen LogP contribution in [0.5, 0.6) is 0 Å². The molecule has 3 N–H and O–H groups in total. The van der Waals surface area contributed by atoms with Crippen molar-refractivity contribution >= 4 is 40.5 Å². The highest BCUT2D eigenvalue weighted by atomic mass is 35.5. The zero-order chi connectivity index (χ0) is 18.4. The molecule has 2 aromatic carbocycles. The number of amides is 2. The maximum absolute atomic E-state index is 12.0. The fraction of sp³-hybridized carbons (Fsp3) is 0.263. The molecule has 0 bridgehead atoms. The van der Waals surface area contributed by atoms with Crippen molar-refractivity contribution in [2.24, 2.45) is 5.92 Å². The van der Waals surface area contributed by atoms with Gasteiger partial charge in [0.15, 0.2) is 0 Å². The van der Waals surface area contributed by atoms with Crippen LogP contribution in [0.3, 0.4) is 0 Å². The Morgan fingerprint density at radius 3 is 2.16 bits per heavy atom. The minimum atomic E-state index is -0.169. The van der Waals surface area contributed by atoms with Crippen LogP contribution in [0, 0.1) is 12.8 Å². The summed E-state index contributed by atoms with van der Waals surface area (Å²) in [5, 5.41) is 9.26. The molecule has 0 unspecified atom stereocenters. The maximum atomic E-state index is 12.0. The second kappa shape index (κ2) is 8.53. The zero-order valence-electron chi connectivity index (χ0n) is 14.5. The molecular weight excluding hydrogens is 338 g/mol. The molecule has 0 aliphatic heterocycles. The quantitative estimate of drug-likeness (QED) is 0.720. The van der Waals surface area contributed by atoms with Crippen LogP contribution in [-0.2, 0) is 9.59 Å². The van der Waals surface area contributed by atoms with E-state index in [1.165, 1.54) is 0 Å². The van der Waals surface area contributed by atoms with Gasteiger partial charge in [0.05, 0.1) is 6.54 Å². The van der Waals surface area contributed by atoms with Gasteiger partial charge < -0.3 is 16.0 Å². The van der Waals surface area contributed by atoms with Crippen LogP contribution in [0.25, 0.3) is 0 Å². The van der Waals surface area contributed by atoms with Crippen molar-refractivity contribution in [1.29, 1.82) is 0 Å². The SMILES string of the molecule is Cc1ccc(NC(=O)CNc2ccc(NC(=O)C(C)C)cc2)cc1Cl. The second-order valence-corrected chi connectivity index (χ2v) is 6.49. The first-order valence-corrected chi connectivity index (χ1v) is 8.44. The lowest BCUT2D eigenvalue weighted by Gasteiger charge is -2.10. The highest BCUT2D eigenvalue weighted by Gasteiger charge is 2.07. The largest absolute Gasteiger partial charge is 0.376 e. The van der Waals surface area contributed by atoms with E-state index in [2.05, 4.69) is 16.0 Å². The van der Waals surface area contributed by atoms with Crippen molar-refractivity contribution in [3.05, 3.63) is 53.1 Å². The molecule has 132 valence electrons. The minimum absolute atomic E-state index is 0.0307. The smallest absolute Gasteiger partial charge is 0.243 e. The molecule has 25 heavy (non-hydrogen) atoms. The first-order valence-electron chi connectivity index (χ1n) is 8.06. The number of hydrogen-bond acceptors (Lipinski definition) is 3. The molecule has 5 nitrogen and oxygen atoms in total. The van der Waals surface area contributed by atoms with Crippen LogP contribution in [0.1, 0.15) is 19.4 Å². The molecule has 2 aromatic rings. The Bertz CT molecular complexity index is 758. The summed E-state index contributed by atoms with van der Waals surface area (Å²) >= 11 is 6.04. The minimum Gasteiger partial charge on any atom is -0.376 e. The van der Waals surface area contributed by atoms with E-state index in [9.17, 15) is 9.59 Å². The number of carbonyl (C=O) groups excluding carboxylic acids is 2. The van der Waals surface area contributed by atoms with E-state index < -0.39 is 0 Å². The second-order valence-electron chi connectivity index (χ2n) is 6.09. The van der Waals surface area contributed by atoms with E-state index in [0.29, 0.717) is 10.7 Å². The molecule has 2 rings (SSSR count). The van der Waals surface area contributed by atoms with E-state index in [-0.39, 0.29) is 24.3 Å². The van der Waals surface area contributed by atoms with Gasteiger partial charge in [-0.2, -0.15) is 0 Å². The molecule has 0 aromatic heterocycles. The van der Waals surface area contributed by atoms with Gasteiger partial charge in [0.1, 0.15) is 0 Å². The Labute approximate surface area is 152 Å². The van der Waals surface area contributed by atoms with Crippen molar-refractivity contribution in [3.8, 4) is 0 Å². The number of rotatable bonds is 6. The summed E-state index contributed by atoms with van der Waals surface area (Å²) in [6.07, 6.45) is 0. The molecule has 0 aliphatic carbocycles. The summed E-state index contributed by atoms with van der Waals surface area (Å²) < 4.78 is 0. The number of nitrogens with one attached hydrogen (secondary N) is 3. The zero-order valence-corrected chi connectivity index (χ0v) is 15.3. The van der Waals surface area contributed by atoms with Gasteiger partial charge in [0.2, 0.25) is 11.8 Å². The number of halogens is 1. The summed E-state index contributed by atoms with van der Waals surface area (Å²) in [6.45, 7) is 5.71. The average Bonchev–Trinajstić information content (AvgIpc) is 2.57. The van der Waals surface area contributed by atoms with E-state index >= 15 is 0 Å². The van der Waals surface area contributed by atoms with Gasteiger partial charge in [-0.3, -0.25) is 9.59 Å². The molecular formula is C19H22ClN3O2. The van der Waals surface area contributed by atoms with Gasteiger partial charge in [0.25, 0.3) is 0 Å². The monoisotopic (exact) mass is 359 g/mol. The Hall–Kier alpha value is -2.53. The lowest BCUT2D eigenvalue weighted by atomic mass is 10.2. The van der Waals surface area contributed by atoms with Crippen LogP contribution in [-0.4, -0.2) is 18.4 Å². The van der Waals surface area contributed by atoms with Gasteiger partial charge in [-0.15, -0.1) is 0 Å². The standard InChI is InChI=1S/C19H22ClN3O2/c1-12(2)19(25)23-15-8-6-14(7-9-15)21-11-18(24)22-16-5-4-13(3)17(20)10-16/h4-10,12,21H,11H2,1-3H3,(H,22,24)(H,23,25). The van der Waals surface area contributed by atoms with Crippen molar-refractivity contribution in [2.75, 3.05) is 22.5 Å². The van der Waals surface area contributed by atoms with E-state index in [4.69, 9.17) is 11.6 Å². The third-order valence-electron chi connectivity index (χ3n) is 3.59. The summed E-state index contributed by atoms with van der Waals surface area (Å²) in [5.74, 6) is -0.272. The Morgan fingerprint density at radius 1 is 0.960 bits per heavy atom. The molecule has 0 fully saturated rings. The Kier molecular flexibility index (Phi) is 6.42. The van der Waals surface area contributed by atoms with E-state index in [1.807, 2.05) is 45.0 Å². The fourth-order valence-corrected chi connectivity index (χ4v) is 2.20. The van der Waals surface area contributed by atoms with Crippen LogP contribution < -0.4 is 16.0 Å². The molecule has 0 spiro atoms. The molecule has 0 saturated carbocycles.